The van der Waals surface area contributed by atoms with Crippen molar-refractivity contribution in [3.8, 4) is 0 Å². The summed E-state index contributed by atoms with van der Waals surface area (Å²) in [7, 11) is 0. The third-order valence-electron chi connectivity index (χ3n) is 3.73. The highest BCUT2D eigenvalue weighted by Gasteiger charge is 2.17. The molecule has 0 saturated heterocycles. The number of nitrogens with one attached hydrogen (secondary N) is 2. The summed E-state index contributed by atoms with van der Waals surface area (Å²) in [6.45, 7) is 8.54. The van der Waals surface area contributed by atoms with Crippen LogP contribution in [0.2, 0.25) is 0 Å². The summed E-state index contributed by atoms with van der Waals surface area (Å²) in [5.41, 5.74) is 2.67. The molecule has 23 heavy (non-hydrogen) atoms. The SMILES string of the molecule is Cc1ccc(NC(=O)C(=O)NCC(CCO)CC(C)C)c(C)c1. The number of amides is 2. The smallest absolute Gasteiger partial charge is 0.313 e. The number of anilines is 1. The van der Waals surface area contributed by atoms with Crippen LogP contribution in [0.4, 0.5) is 5.69 Å². The summed E-state index contributed by atoms with van der Waals surface area (Å²) < 4.78 is 0. The monoisotopic (exact) mass is 320 g/mol. The van der Waals surface area contributed by atoms with E-state index in [2.05, 4.69) is 24.5 Å². The van der Waals surface area contributed by atoms with Gasteiger partial charge in [-0.2, -0.15) is 0 Å². The van der Waals surface area contributed by atoms with Gasteiger partial charge >= 0.3 is 11.8 Å². The van der Waals surface area contributed by atoms with Crippen LogP contribution in [0.1, 0.15) is 37.8 Å². The lowest BCUT2D eigenvalue weighted by Gasteiger charge is -2.18. The van der Waals surface area contributed by atoms with E-state index in [1.807, 2.05) is 26.0 Å². The zero-order valence-electron chi connectivity index (χ0n) is 14.5. The summed E-state index contributed by atoms with van der Waals surface area (Å²) in [5, 5.41) is 14.4. The maximum atomic E-state index is 12.0. The Morgan fingerprint density at radius 2 is 1.87 bits per heavy atom. The third kappa shape index (κ3) is 6.82. The molecule has 5 heteroatoms. The molecule has 1 aromatic carbocycles. The molecule has 1 aromatic rings. The predicted octanol–water partition coefficient (Wildman–Crippen LogP) is 2.40. The van der Waals surface area contributed by atoms with Crippen molar-refractivity contribution in [2.24, 2.45) is 11.8 Å². The minimum atomic E-state index is -0.663. The van der Waals surface area contributed by atoms with Crippen molar-refractivity contribution in [2.75, 3.05) is 18.5 Å². The Kier molecular flexibility index (Phi) is 7.75. The van der Waals surface area contributed by atoms with Crippen LogP contribution < -0.4 is 10.6 Å². The molecule has 1 rings (SSSR count). The molecule has 128 valence electrons. The lowest BCUT2D eigenvalue weighted by Crippen LogP contribution is -2.38. The molecule has 0 aromatic heterocycles. The van der Waals surface area contributed by atoms with E-state index in [0.29, 0.717) is 24.6 Å². The Morgan fingerprint density at radius 1 is 1.17 bits per heavy atom. The van der Waals surface area contributed by atoms with Crippen LogP contribution in [0, 0.1) is 25.7 Å². The van der Waals surface area contributed by atoms with Crippen molar-refractivity contribution < 1.29 is 14.7 Å². The molecule has 0 aliphatic rings. The van der Waals surface area contributed by atoms with Crippen LogP contribution in [-0.2, 0) is 9.59 Å². The maximum absolute atomic E-state index is 12.0. The number of benzene rings is 1. The number of rotatable bonds is 7. The first-order chi connectivity index (χ1) is 10.8. The van der Waals surface area contributed by atoms with E-state index in [4.69, 9.17) is 5.11 Å². The van der Waals surface area contributed by atoms with Crippen LogP contribution >= 0.6 is 0 Å². The molecular weight excluding hydrogens is 292 g/mol. The first kappa shape index (κ1) is 19.2. The second kappa shape index (κ2) is 9.30. The fraction of sp³-hybridized carbons (Fsp3) is 0.556. The van der Waals surface area contributed by atoms with Gasteiger partial charge in [0.15, 0.2) is 0 Å². The van der Waals surface area contributed by atoms with Crippen molar-refractivity contribution in [1.82, 2.24) is 5.32 Å². The molecule has 5 nitrogen and oxygen atoms in total. The Bertz CT molecular complexity index is 541. The number of carbonyl (C=O) groups is 2. The van der Waals surface area contributed by atoms with Gasteiger partial charge in [-0.15, -0.1) is 0 Å². The van der Waals surface area contributed by atoms with Crippen LogP contribution in [0.25, 0.3) is 0 Å². The maximum Gasteiger partial charge on any atom is 0.313 e. The summed E-state index contributed by atoms with van der Waals surface area (Å²) in [4.78, 5) is 23.9. The van der Waals surface area contributed by atoms with Crippen LogP contribution in [0.15, 0.2) is 18.2 Å². The molecule has 0 fully saturated rings. The van der Waals surface area contributed by atoms with Gasteiger partial charge in [0.1, 0.15) is 0 Å². The van der Waals surface area contributed by atoms with Gasteiger partial charge in [0.05, 0.1) is 0 Å². The average molecular weight is 320 g/mol. The number of aryl methyl sites for hydroxylation is 2. The molecule has 0 heterocycles. The zero-order valence-corrected chi connectivity index (χ0v) is 14.5. The van der Waals surface area contributed by atoms with Crippen LogP contribution in [0.5, 0.6) is 0 Å². The number of hydrogen-bond donors (Lipinski definition) is 3. The molecule has 0 saturated carbocycles. The largest absolute Gasteiger partial charge is 0.396 e. The predicted molar refractivity (Wildman–Crippen MR) is 92.2 cm³/mol. The van der Waals surface area contributed by atoms with Crippen molar-refractivity contribution in [2.45, 2.75) is 40.5 Å². The molecule has 0 bridgehead atoms. The van der Waals surface area contributed by atoms with Crippen molar-refractivity contribution in [3.05, 3.63) is 29.3 Å². The molecule has 1 atom stereocenters. The van der Waals surface area contributed by atoms with Gasteiger partial charge in [-0.25, -0.2) is 0 Å². The van der Waals surface area contributed by atoms with E-state index in [1.54, 1.807) is 6.07 Å². The van der Waals surface area contributed by atoms with Crippen LogP contribution in [0.3, 0.4) is 0 Å². The van der Waals surface area contributed by atoms with E-state index in [-0.39, 0.29) is 12.5 Å². The highest BCUT2D eigenvalue weighted by Crippen LogP contribution is 2.16. The van der Waals surface area contributed by atoms with Gasteiger partial charge in [-0.05, 0) is 50.2 Å². The third-order valence-corrected chi connectivity index (χ3v) is 3.73. The van der Waals surface area contributed by atoms with Gasteiger partial charge in [-0.3, -0.25) is 9.59 Å². The standard InChI is InChI=1S/C18H28N2O3/c1-12(2)9-15(7-8-21)11-19-17(22)18(23)20-16-6-5-13(3)10-14(16)4/h5-6,10,12,15,21H,7-9,11H2,1-4H3,(H,19,22)(H,20,23). The Balaban J connectivity index is 2.54. The number of aliphatic hydroxyl groups excluding tert-OH is 1. The van der Waals surface area contributed by atoms with Gasteiger partial charge < -0.3 is 15.7 Å². The van der Waals surface area contributed by atoms with E-state index in [1.165, 1.54) is 0 Å². The molecule has 2 amide bonds. The lowest BCUT2D eigenvalue weighted by molar-refractivity contribution is -0.136. The minimum Gasteiger partial charge on any atom is -0.396 e. The minimum absolute atomic E-state index is 0.0853. The quantitative estimate of drug-likeness (QED) is 0.675. The number of carbonyl (C=O) groups excluding carboxylic acids is 2. The van der Waals surface area contributed by atoms with E-state index < -0.39 is 11.8 Å². The molecular formula is C18H28N2O3. The second-order valence-corrected chi connectivity index (χ2v) is 6.49. The Morgan fingerprint density at radius 3 is 2.43 bits per heavy atom. The van der Waals surface area contributed by atoms with Crippen molar-refractivity contribution >= 4 is 17.5 Å². The highest BCUT2D eigenvalue weighted by molar-refractivity contribution is 6.39. The highest BCUT2D eigenvalue weighted by atomic mass is 16.3. The molecule has 3 N–H and O–H groups in total. The normalized spacial score (nSPS) is 12.1. The van der Waals surface area contributed by atoms with E-state index in [9.17, 15) is 9.59 Å². The van der Waals surface area contributed by atoms with Crippen molar-refractivity contribution in [3.63, 3.8) is 0 Å². The van der Waals surface area contributed by atoms with Gasteiger partial charge in [0.2, 0.25) is 0 Å². The number of hydrogen-bond acceptors (Lipinski definition) is 3. The topological polar surface area (TPSA) is 78.4 Å². The average Bonchev–Trinajstić information content (AvgIpc) is 2.47. The number of aliphatic hydroxyl groups is 1. The molecule has 0 radical (unpaired) electrons. The van der Waals surface area contributed by atoms with Gasteiger partial charge in [0.25, 0.3) is 0 Å². The van der Waals surface area contributed by atoms with Gasteiger partial charge in [0, 0.05) is 18.8 Å². The van der Waals surface area contributed by atoms with E-state index >= 15 is 0 Å². The first-order valence-electron chi connectivity index (χ1n) is 8.10. The van der Waals surface area contributed by atoms with E-state index in [0.717, 1.165) is 17.5 Å². The summed E-state index contributed by atoms with van der Waals surface area (Å²) in [6.07, 6.45) is 1.52. The fourth-order valence-electron chi connectivity index (χ4n) is 2.60. The Labute approximate surface area is 138 Å². The van der Waals surface area contributed by atoms with Crippen LogP contribution in [-0.4, -0.2) is 30.1 Å². The lowest BCUT2D eigenvalue weighted by atomic mass is 9.94. The molecule has 0 aliphatic carbocycles. The summed E-state index contributed by atoms with van der Waals surface area (Å²) in [6, 6.07) is 5.64. The summed E-state index contributed by atoms with van der Waals surface area (Å²) in [5.74, 6) is -0.647. The fourth-order valence-corrected chi connectivity index (χ4v) is 2.60. The molecule has 0 spiro atoms. The molecule has 1 unspecified atom stereocenters. The van der Waals surface area contributed by atoms with Crippen molar-refractivity contribution in [1.29, 1.82) is 0 Å². The zero-order chi connectivity index (χ0) is 17.4. The Hall–Kier alpha value is -1.88. The van der Waals surface area contributed by atoms with Gasteiger partial charge in [-0.1, -0.05) is 31.5 Å². The second-order valence-electron chi connectivity index (χ2n) is 6.49. The summed E-state index contributed by atoms with van der Waals surface area (Å²) >= 11 is 0. The molecule has 0 aliphatic heterocycles. The first-order valence-corrected chi connectivity index (χ1v) is 8.10.